The van der Waals surface area contributed by atoms with Crippen LogP contribution >= 0.6 is 11.6 Å². The molecular formula is C19H18ClNO3. The molecule has 0 aromatic heterocycles. The fourth-order valence-electron chi connectivity index (χ4n) is 3.33. The minimum absolute atomic E-state index is 0.0786. The van der Waals surface area contributed by atoms with E-state index in [1.165, 1.54) is 5.56 Å². The summed E-state index contributed by atoms with van der Waals surface area (Å²) in [5, 5.41) is 0.494. The molecule has 5 heteroatoms. The third-order valence-corrected chi connectivity index (χ3v) is 4.70. The van der Waals surface area contributed by atoms with Crippen molar-refractivity contribution in [2.75, 3.05) is 24.7 Å². The van der Waals surface area contributed by atoms with Crippen LogP contribution in [0.25, 0.3) is 0 Å². The van der Waals surface area contributed by atoms with E-state index in [9.17, 15) is 4.79 Å². The molecule has 0 spiro atoms. The smallest absolute Gasteiger partial charge is 0.231 e. The molecule has 0 saturated carbocycles. The van der Waals surface area contributed by atoms with Gasteiger partial charge in [-0.05, 0) is 42.2 Å². The minimum Gasteiger partial charge on any atom is -0.486 e. The van der Waals surface area contributed by atoms with Crippen molar-refractivity contribution in [3.8, 4) is 11.5 Å². The first kappa shape index (κ1) is 15.3. The number of carbonyl (C=O) groups is 1. The maximum atomic E-state index is 12.8. The Bertz CT molecular complexity index is 790. The molecule has 2 aliphatic heterocycles. The second-order valence-electron chi connectivity index (χ2n) is 6.06. The van der Waals surface area contributed by atoms with E-state index in [0.717, 1.165) is 30.6 Å². The lowest BCUT2D eigenvalue weighted by molar-refractivity contribution is -0.118. The number of hydrogen-bond acceptors (Lipinski definition) is 3. The van der Waals surface area contributed by atoms with Crippen molar-refractivity contribution in [3.05, 3.63) is 52.5 Å². The average Bonchev–Trinajstić information content (AvgIpc) is 2.61. The molecule has 0 atom stereocenters. The molecule has 4 nitrogen and oxygen atoms in total. The van der Waals surface area contributed by atoms with E-state index in [0.29, 0.717) is 36.2 Å². The summed E-state index contributed by atoms with van der Waals surface area (Å²) in [7, 11) is 0. The van der Waals surface area contributed by atoms with E-state index in [2.05, 4.69) is 6.07 Å². The van der Waals surface area contributed by atoms with Crippen LogP contribution in [0.2, 0.25) is 5.02 Å². The molecule has 4 rings (SSSR count). The largest absolute Gasteiger partial charge is 0.486 e. The molecular weight excluding hydrogens is 326 g/mol. The monoisotopic (exact) mass is 343 g/mol. The first-order valence-electron chi connectivity index (χ1n) is 8.18. The molecule has 0 radical (unpaired) electrons. The highest BCUT2D eigenvalue weighted by Gasteiger charge is 2.23. The van der Waals surface area contributed by atoms with Crippen molar-refractivity contribution < 1.29 is 14.3 Å². The van der Waals surface area contributed by atoms with Gasteiger partial charge in [0, 0.05) is 12.2 Å². The number of anilines is 1. The van der Waals surface area contributed by atoms with Crippen molar-refractivity contribution in [1.82, 2.24) is 0 Å². The molecule has 2 aromatic rings. The molecule has 0 aliphatic carbocycles. The Morgan fingerprint density at radius 3 is 2.92 bits per heavy atom. The molecule has 2 aliphatic rings. The number of rotatable bonds is 2. The number of fused-ring (bicyclic) bond motifs is 2. The van der Waals surface area contributed by atoms with Crippen LogP contribution < -0.4 is 14.4 Å². The van der Waals surface area contributed by atoms with Gasteiger partial charge < -0.3 is 14.4 Å². The van der Waals surface area contributed by atoms with Crippen LogP contribution in [0.1, 0.15) is 17.5 Å². The molecule has 1 amide bonds. The molecule has 24 heavy (non-hydrogen) atoms. The van der Waals surface area contributed by atoms with Crippen LogP contribution in [-0.2, 0) is 17.6 Å². The summed E-state index contributed by atoms with van der Waals surface area (Å²) in [5.41, 5.74) is 3.10. The van der Waals surface area contributed by atoms with Crippen molar-refractivity contribution in [2.45, 2.75) is 19.3 Å². The Balaban J connectivity index is 1.58. The van der Waals surface area contributed by atoms with Gasteiger partial charge in [-0.1, -0.05) is 29.8 Å². The summed E-state index contributed by atoms with van der Waals surface area (Å²) in [4.78, 5) is 14.7. The van der Waals surface area contributed by atoms with Crippen LogP contribution in [0.4, 0.5) is 5.69 Å². The van der Waals surface area contributed by atoms with Crippen molar-refractivity contribution in [2.24, 2.45) is 0 Å². The van der Waals surface area contributed by atoms with E-state index in [-0.39, 0.29) is 5.91 Å². The van der Waals surface area contributed by atoms with Gasteiger partial charge in [0.25, 0.3) is 0 Å². The van der Waals surface area contributed by atoms with Gasteiger partial charge >= 0.3 is 0 Å². The number of hydrogen-bond donors (Lipinski definition) is 0. The molecule has 0 N–H and O–H groups in total. The lowest BCUT2D eigenvalue weighted by Gasteiger charge is -2.29. The normalized spacial score (nSPS) is 15.8. The van der Waals surface area contributed by atoms with Gasteiger partial charge in [0.05, 0.1) is 11.4 Å². The number of para-hydroxylation sites is 1. The summed E-state index contributed by atoms with van der Waals surface area (Å²) in [5.74, 6) is 1.27. The minimum atomic E-state index is 0.0786. The maximum absolute atomic E-state index is 12.8. The second kappa shape index (κ2) is 6.36. The number of nitrogens with zero attached hydrogens (tertiary/aromatic N) is 1. The van der Waals surface area contributed by atoms with E-state index in [4.69, 9.17) is 21.1 Å². The molecule has 2 heterocycles. The number of halogens is 1. The van der Waals surface area contributed by atoms with Gasteiger partial charge in [-0.3, -0.25) is 4.79 Å². The van der Waals surface area contributed by atoms with Gasteiger partial charge in [-0.15, -0.1) is 0 Å². The molecule has 0 fully saturated rings. The highest BCUT2D eigenvalue weighted by molar-refractivity contribution is 6.32. The number of benzene rings is 2. The Labute approximate surface area is 145 Å². The first-order valence-corrected chi connectivity index (χ1v) is 8.56. The van der Waals surface area contributed by atoms with E-state index < -0.39 is 0 Å². The van der Waals surface area contributed by atoms with E-state index in [1.54, 1.807) is 6.07 Å². The fraction of sp³-hybridized carbons (Fsp3) is 0.316. The second-order valence-corrected chi connectivity index (χ2v) is 6.46. The van der Waals surface area contributed by atoms with Gasteiger partial charge in [-0.25, -0.2) is 0 Å². The summed E-state index contributed by atoms with van der Waals surface area (Å²) >= 11 is 6.27. The Morgan fingerprint density at radius 1 is 1.17 bits per heavy atom. The zero-order valence-electron chi connectivity index (χ0n) is 13.3. The van der Waals surface area contributed by atoms with E-state index in [1.807, 2.05) is 29.2 Å². The predicted octanol–water partition coefficient (Wildman–Crippen LogP) is 3.63. The van der Waals surface area contributed by atoms with Crippen molar-refractivity contribution in [3.63, 3.8) is 0 Å². The summed E-state index contributed by atoms with van der Waals surface area (Å²) < 4.78 is 11.1. The molecule has 0 bridgehead atoms. The first-order chi connectivity index (χ1) is 11.7. The summed E-state index contributed by atoms with van der Waals surface area (Å²) in [6, 6.07) is 11.8. The summed E-state index contributed by atoms with van der Waals surface area (Å²) in [6.45, 7) is 1.75. The number of carbonyl (C=O) groups excluding carboxylic acids is 1. The zero-order chi connectivity index (χ0) is 16.5. The summed E-state index contributed by atoms with van der Waals surface area (Å²) in [6.07, 6.45) is 2.31. The molecule has 124 valence electrons. The van der Waals surface area contributed by atoms with E-state index >= 15 is 0 Å². The lowest BCUT2D eigenvalue weighted by Crippen LogP contribution is -2.36. The van der Waals surface area contributed by atoms with Crippen molar-refractivity contribution in [1.29, 1.82) is 0 Å². The lowest BCUT2D eigenvalue weighted by atomic mass is 10.0. The van der Waals surface area contributed by atoms with Gasteiger partial charge in [0.1, 0.15) is 13.2 Å². The number of amides is 1. The van der Waals surface area contributed by atoms with Crippen LogP contribution in [-0.4, -0.2) is 25.7 Å². The zero-order valence-corrected chi connectivity index (χ0v) is 14.0. The average molecular weight is 344 g/mol. The third kappa shape index (κ3) is 2.82. The Morgan fingerprint density at radius 2 is 2.00 bits per heavy atom. The quantitative estimate of drug-likeness (QED) is 0.835. The van der Waals surface area contributed by atoms with Crippen LogP contribution in [0, 0.1) is 0 Å². The molecule has 2 aromatic carbocycles. The van der Waals surface area contributed by atoms with Gasteiger partial charge in [0.2, 0.25) is 5.91 Å². The van der Waals surface area contributed by atoms with Crippen molar-refractivity contribution >= 4 is 23.2 Å². The highest BCUT2D eigenvalue weighted by Crippen LogP contribution is 2.38. The van der Waals surface area contributed by atoms with Gasteiger partial charge in [0.15, 0.2) is 11.5 Å². The number of aryl methyl sites for hydroxylation is 1. The molecule has 0 saturated heterocycles. The maximum Gasteiger partial charge on any atom is 0.231 e. The SMILES string of the molecule is O=C(Cc1cc(Cl)c2c(c1)OCCO2)N1CCCc2ccccc21. The highest BCUT2D eigenvalue weighted by atomic mass is 35.5. The van der Waals surface area contributed by atoms with Crippen LogP contribution in [0.3, 0.4) is 0 Å². The van der Waals surface area contributed by atoms with Crippen LogP contribution in [0.15, 0.2) is 36.4 Å². The Kier molecular flexibility index (Phi) is 4.07. The number of ether oxygens (including phenoxy) is 2. The Hall–Kier alpha value is -2.20. The predicted molar refractivity (Wildman–Crippen MR) is 93.3 cm³/mol. The topological polar surface area (TPSA) is 38.8 Å². The molecule has 0 unspecified atom stereocenters. The third-order valence-electron chi connectivity index (χ3n) is 4.42. The standard InChI is InChI=1S/C19H18ClNO3/c20-15-10-13(11-17-19(15)24-9-8-23-17)12-18(22)21-7-3-5-14-4-1-2-6-16(14)21/h1-2,4,6,10-11H,3,5,7-9,12H2. The van der Waals surface area contributed by atoms with Gasteiger partial charge in [-0.2, -0.15) is 0 Å². The fourth-order valence-corrected chi connectivity index (χ4v) is 3.62. The van der Waals surface area contributed by atoms with Crippen LogP contribution in [0.5, 0.6) is 11.5 Å².